The van der Waals surface area contributed by atoms with Gasteiger partial charge < -0.3 is 10.5 Å². The molecule has 1 fully saturated rings. The zero-order valence-electron chi connectivity index (χ0n) is 9.82. The second-order valence-electron chi connectivity index (χ2n) is 5.06. The van der Waals surface area contributed by atoms with Gasteiger partial charge >= 0.3 is 0 Å². The topological polar surface area (TPSA) is 55.6 Å². The zero-order chi connectivity index (χ0) is 11.5. The number of carbonyl (C=O) groups excluding carboxylic acids is 1. The molecule has 0 spiro atoms. The zero-order valence-corrected chi connectivity index (χ0v) is 9.82. The van der Waals surface area contributed by atoms with E-state index in [4.69, 9.17) is 10.5 Å². The minimum atomic E-state index is -0.294. The second kappa shape index (κ2) is 4.94. The fraction of sp³-hybridized carbons (Fsp3) is 0.818. The lowest BCUT2D eigenvalue weighted by Crippen LogP contribution is -2.53. The van der Waals surface area contributed by atoms with Crippen LogP contribution in [0, 0.1) is 11.8 Å². The highest BCUT2D eigenvalue weighted by Crippen LogP contribution is 2.19. The van der Waals surface area contributed by atoms with Crippen molar-refractivity contribution in [3.8, 4) is 0 Å². The van der Waals surface area contributed by atoms with Gasteiger partial charge in [0.05, 0.1) is 13.2 Å². The molecule has 1 heterocycles. The number of primary amides is 1. The van der Waals surface area contributed by atoms with Crippen molar-refractivity contribution < 1.29 is 9.53 Å². The molecule has 2 N–H and O–H groups in total. The van der Waals surface area contributed by atoms with Crippen LogP contribution in [0.3, 0.4) is 0 Å². The molecule has 1 saturated heterocycles. The lowest BCUT2D eigenvalue weighted by atomic mass is 9.92. The highest BCUT2D eigenvalue weighted by molar-refractivity contribution is 5.80. The molecule has 4 nitrogen and oxygen atoms in total. The number of amides is 1. The standard InChI is InChI=1S/C11H21N2O2/c1-11(2,3)4-5-13-6-7-15-8-9(13)10(12)14/h4,9H,5-8H2,1-3H3,(H2,12,14). The van der Waals surface area contributed by atoms with Crippen molar-refractivity contribution >= 4 is 5.91 Å². The highest BCUT2D eigenvalue weighted by atomic mass is 16.5. The summed E-state index contributed by atoms with van der Waals surface area (Å²) < 4.78 is 5.25. The van der Waals surface area contributed by atoms with E-state index in [9.17, 15) is 4.79 Å². The molecule has 1 radical (unpaired) electrons. The van der Waals surface area contributed by atoms with Gasteiger partial charge in [-0.05, 0) is 11.8 Å². The first kappa shape index (κ1) is 12.5. The van der Waals surface area contributed by atoms with Crippen molar-refractivity contribution in [3.05, 3.63) is 6.42 Å². The van der Waals surface area contributed by atoms with Gasteiger partial charge in [-0.1, -0.05) is 20.8 Å². The van der Waals surface area contributed by atoms with Crippen molar-refractivity contribution in [2.75, 3.05) is 26.3 Å². The Morgan fingerprint density at radius 2 is 2.27 bits per heavy atom. The number of hydrogen-bond acceptors (Lipinski definition) is 3. The minimum absolute atomic E-state index is 0.167. The van der Waals surface area contributed by atoms with Crippen LogP contribution < -0.4 is 5.73 Å². The van der Waals surface area contributed by atoms with Gasteiger partial charge in [0.15, 0.2) is 0 Å². The van der Waals surface area contributed by atoms with Crippen LogP contribution in [-0.4, -0.2) is 43.2 Å². The summed E-state index contributed by atoms with van der Waals surface area (Å²) in [5.74, 6) is -0.294. The molecule has 1 aliphatic rings. The summed E-state index contributed by atoms with van der Waals surface area (Å²) in [4.78, 5) is 13.3. The van der Waals surface area contributed by atoms with E-state index in [-0.39, 0.29) is 17.4 Å². The predicted octanol–water partition coefficient (Wildman–Crippen LogP) is 0.423. The van der Waals surface area contributed by atoms with E-state index in [1.165, 1.54) is 0 Å². The molecule has 1 unspecified atom stereocenters. The summed E-state index contributed by atoms with van der Waals surface area (Å²) in [5.41, 5.74) is 5.49. The highest BCUT2D eigenvalue weighted by Gasteiger charge is 2.28. The lowest BCUT2D eigenvalue weighted by Gasteiger charge is -2.35. The Labute approximate surface area is 91.8 Å². The van der Waals surface area contributed by atoms with Crippen molar-refractivity contribution in [3.63, 3.8) is 0 Å². The van der Waals surface area contributed by atoms with E-state index in [0.717, 1.165) is 13.1 Å². The van der Waals surface area contributed by atoms with Crippen LogP contribution in [-0.2, 0) is 9.53 Å². The van der Waals surface area contributed by atoms with E-state index in [1.54, 1.807) is 0 Å². The molecule has 4 heteroatoms. The molecule has 87 valence electrons. The third-order valence-electron chi connectivity index (χ3n) is 2.51. The van der Waals surface area contributed by atoms with Gasteiger partial charge in [0.25, 0.3) is 0 Å². The van der Waals surface area contributed by atoms with Crippen molar-refractivity contribution in [1.29, 1.82) is 0 Å². The molecule has 0 bridgehead atoms. The maximum atomic E-state index is 11.2. The summed E-state index contributed by atoms with van der Waals surface area (Å²) in [5, 5.41) is 0. The van der Waals surface area contributed by atoms with Crippen LogP contribution in [0.5, 0.6) is 0 Å². The number of rotatable bonds is 3. The van der Waals surface area contributed by atoms with Crippen LogP contribution in [0.15, 0.2) is 0 Å². The maximum Gasteiger partial charge on any atom is 0.237 e. The number of carbonyl (C=O) groups is 1. The van der Waals surface area contributed by atoms with Gasteiger partial charge in [-0.2, -0.15) is 0 Å². The first-order chi connectivity index (χ1) is 6.90. The molecule has 1 aliphatic heterocycles. The molecule has 1 amide bonds. The van der Waals surface area contributed by atoms with Gasteiger partial charge in [-0.15, -0.1) is 0 Å². The average molecular weight is 213 g/mol. The fourth-order valence-electron chi connectivity index (χ4n) is 1.51. The van der Waals surface area contributed by atoms with E-state index in [2.05, 4.69) is 32.1 Å². The Balaban J connectivity index is 2.46. The normalized spacial score (nSPS) is 24.1. The molecule has 0 aromatic rings. The Hall–Kier alpha value is -0.610. The van der Waals surface area contributed by atoms with Crippen molar-refractivity contribution in [2.24, 2.45) is 11.1 Å². The number of ether oxygens (including phenoxy) is 1. The van der Waals surface area contributed by atoms with E-state index < -0.39 is 0 Å². The number of nitrogens with two attached hydrogens (primary N) is 1. The average Bonchev–Trinajstić information content (AvgIpc) is 2.14. The summed E-state index contributed by atoms with van der Waals surface area (Å²) in [7, 11) is 0. The Bertz CT molecular complexity index is 223. The summed E-state index contributed by atoms with van der Waals surface area (Å²) in [6, 6.07) is -0.266. The monoisotopic (exact) mass is 213 g/mol. The quantitative estimate of drug-likeness (QED) is 0.739. The third-order valence-corrected chi connectivity index (χ3v) is 2.51. The molecule has 15 heavy (non-hydrogen) atoms. The Morgan fingerprint density at radius 3 is 2.80 bits per heavy atom. The second-order valence-corrected chi connectivity index (χ2v) is 5.06. The smallest absolute Gasteiger partial charge is 0.237 e. The number of hydrogen-bond donors (Lipinski definition) is 1. The van der Waals surface area contributed by atoms with Crippen molar-refractivity contribution in [2.45, 2.75) is 26.8 Å². The van der Waals surface area contributed by atoms with Gasteiger partial charge in [-0.25, -0.2) is 0 Å². The SMILES string of the molecule is CC(C)(C)[CH]CN1CCOCC1C(N)=O. The van der Waals surface area contributed by atoms with Gasteiger partial charge in [0, 0.05) is 13.1 Å². The van der Waals surface area contributed by atoms with Gasteiger partial charge in [0.2, 0.25) is 5.91 Å². The van der Waals surface area contributed by atoms with Gasteiger partial charge in [0.1, 0.15) is 6.04 Å². The van der Waals surface area contributed by atoms with Crippen LogP contribution >= 0.6 is 0 Å². The molecular formula is C11H21N2O2. The van der Waals surface area contributed by atoms with Crippen LogP contribution in [0.1, 0.15) is 20.8 Å². The number of nitrogens with zero attached hydrogens (tertiary/aromatic N) is 1. The molecule has 0 aliphatic carbocycles. The van der Waals surface area contributed by atoms with Crippen molar-refractivity contribution in [1.82, 2.24) is 4.90 Å². The Kier molecular flexibility index (Phi) is 4.11. The Morgan fingerprint density at radius 1 is 1.60 bits per heavy atom. The van der Waals surface area contributed by atoms with E-state index in [1.807, 2.05) is 0 Å². The van der Waals surface area contributed by atoms with E-state index >= 15 is 0 Å². The number of morpholine rings is 1. The summed E-state index contributed by atoms with van der Waals surface area (Å²) in [6.45, 7) is 9.11. The molecular weight excluding hydrogens is 192 g/mol. The fourth-order valence-corrected chi connectivity index (χ4v) is 1.51. The van der Waals surface area contributed by atoms with Crippen LogP contribution in [0.25, 0.3) is 0 Å². The maximum absolute atomic E-state index is 11.2. The van der Waals surface area contributed by atoms with Gasteiger partial charge in [-0.3, -0.25) is 9.69 Å². The van der Waals surface area contributed by atoms with E-state index in [0.29, 0.717) is 13.2 Å². The molecule has 0 saturated carbocycles. The summed E-state index contributed by atoms with van der Waals surface area (Å²) >= 11 is 0. The first-order valence-electron chi connectivity index (χ1n) is 5.35. The first-order valence-corrected chi connectivity index (χ1v) is 5.35. The third kappa shape index (κ3) is 4.18. The molecule has 0 aromatic carbocycles. The minimum Gasteiger partial charge on any atom is -0.378 e. The molecule has 1 rings (SSSR count). The lowest BCUT2D eigenvalue weighted by molar-refractivity contribution is -0.129. The molecule has 1 atom stereocenters. The largest absolute Gasteiger partial charge is 0.378 e. The van der Waals surface area contributed by atoms with Crippen LogP contribution in [0.4, 0.5) is 0 Å². The molecule has 0 aromatic heterocycles. The predicted molar refractivity (Wildman–Crippen MR) is 59.1 cm³/mol. The van der Waals surface area contributed by atoms with Crippen LogP contribution in [0.2, 0.25) is 0 Å². The summed E-state index contributed by atoms with van der Waals surface area (Å²) in [6.07, 6.45) is 2.20.